The van der Waals surface area contributed by atoms with Gasteiger partial charge in [0.1, 0.15) is 0 Å². The molecule has 1 atom stereocenters. The lowest BCUT2D eigenvalue weighted by atomic mass is 9.84. The van der Waals surface area contributed by atoms with Crippen LogP contribution in [0.15, 0.2) is 0 Å². The van der Waals surface area contributed by atoms with Crippen LogP contribution in [0, 0.1) is 11.3 Å². The van der Waals surface area contributed by atoms with Crippen molar-refractivity contribution in [1.82, 2.24) is 5.32 Å². The van der Waals surface area contributed by atoms with E-state index in [4.69, 9.17) is 5.11 Å². The van der Waals surface area contributed by atoms with Gasteiger partial charge >= 0.3 is 5.97 Å². The molecule has 0 heterocycles. The van der Waals surface area contributed by atoms with Crippen molar-refractivity contribution in [3.63, 3.8) is 0 Å². The van der Waals surface area contributed by atoms with Crippen LogP contribution in [-0.4, -0.2) is 35.4 Å². The summed E-state index contributed by atoms with van der Waals surface area (Å²) in [5, 5.41) is 21.2. The van der Waals surface area contributed by atoms with Crippen molar-refractivity contribution >= 4 is 5.97 Å². The Kier molecular flexibility index (Phi) is 7.39. The summed E-state index contributed by atoms with van der Waals surface area (Å²) in [7, 11) is 0. The minimum atomic E-state index is -0.857. The average molecular weight is 245 g/mol. The Morgan fingerprint density at radius 3 is 2.41 bits per heavy atom. The highest BCUT2D eigenvalue weighted by Gasteiger charge is 2.19. The van der Waals surface area contributed by atoms with Crippen LogP contribution in [0.1, 0.15) is 47.0 Å². The molecule has 0 saturated carbocycles. The van der Waals surface area contributed by atoms with E-state index in [1.807, 2.05) is 0 Å². The minimum absolute atomic E-state index is 0.0260. The predicted octanol–water partition coefficient (Wildman–Crippen LogP) is 1.87. The summed E-state index contributed by atoms with van der Waals surface area (Å²) in [5.74, 6) is -0.201. The second-order valence-electron chi connectivity index (χ2n) is 5.98. The largest absolute Gasteiger partial charge is 0.481 e. The molecule has 0 radical (unpaired) electrons. The van der Waals surface area contributed by atoms with E-state index in [2.05, 4.69) is 33.0 Å². The Morgan fingerprint density at radius 2 is 1.94 bits per heavy atom. The summed E-state index contributed by atoms with van der Waals surface area (Å²) in [6.07, 6.45) is 0.900. The second kappa shape index (κ2) is 7.67. The van der Waals surface area contributed by atoms with Crippen molar-refractivity contribution in [3.05, 3.63) is 0 Å². The molecule has 3 N–H and O–H groups in total. The number of rotatable bonds is 9. The van der Waals surface area contributed by atoms with Gasteiger partial charge in [-0.3, -0.25) is 4.79 Å². The lowest BCUT2D eigenvalue weighted by Crippen LogP contribution is -2.35. The molecular formula is C13H27NO3. The molecule has 0 aliphatic rings. The van der Waals surface area contributed by atoms with Crippen molar-refractivity contribution in [2.24, 2.45) is 11.3 Å². The lowest BCUT2D eigenvalue weighted by molar-refractivity contribution is -0.137. The van der Waals surface area contributed by atoms with Gasteiger partial charge in [0.25, 0.3) is 0 Å². The molecule has 0 aliphatic carbocycles. The number of hydrogen-bond acceptors (Lipinski definition) is 3. The molecule has 0 aromatic rings. The van der Waals surface area contributed by atoms with Crippen LogP contribution < -0.4 is 5.32 Å². The SMILES string of the molecule is CC(C)CC(C)(C)CNCC(O)CCC(=O)O. The molecule has 0 amide bonds. The average Bonchev–Trinajstić information content (AvgIpc) is 2.12. The van der Waals surface area contributed by atoms with Crippen LogP contribution in [0.5, 0.6) is 0 Å². The van der Waals surface area contributed by atoms with E-state index >= 15 is 0 Å². The Balaban J connectivity index is 3.71. The number of carboxylic acids is 1. The van der Waals surface area contributed by atoms with Crippen LogP contribution in [0.2, 0.25) is 0 Å². The smallest absolute Gasteiger partial charge is 0.303 e. The van der Waals surface area contributed by atoms with Crippen LogP contribution in [0.3, 0.4) is 0 Å². The number of aliphatic hydroxyl groups excluding tert-OH is 1. The van der Waals surface area contributed by atoms with Crippen LogP contribution in [0.4, 0.5) is 0 Å². The zero-order chi connectivity index (χ0) is 13.5. The van der Waals surface area contributed by atoms with Gasteiger partial charge in [-0.15, -0.1) is 0 Å². The summed E-state index contributed by atoms with van der Waals surface area (Å²) in [6.45, 7) is 10.1. The summed E-state index contributed by atoms with van der Waals surface area (Å²) >= 11 is 0. The molecule has 17 heavy (non-hydrogen) atoms. The van der Waals surface area contributed by atoms with Gasteiger partial charge in [-0.05, 0) is 24.2 Å². The van der Waals surface area contributed by atoms with E-state index in [-0.39, 0.29) is 11.8 Å². The Bertz CT molecular complexity index is 227. The quantitative estimate of drug-likeness (QED) is 0.580. The van der Waals surface area contributed by atoms with Gasteiger partial charge < -0.3 is 15.5 Å². The lowest BCUT2D eigenvalue weighted by Gasteiger charge is -2.27. The number of hydrogen-bond donors (Lipinski definition) is 3. The first kappa shape index (κ1) is 16.4. The first-order valence-corrected chi connectivity index (χ1v) is 6.33. The molecule has 0 bridgehead atoms. The summed E-state index contributed by atoms with van der Waals surface area (Å²) < 4.78 is 0. The fourth-order valence-electron chi connectivity index (χ4n) is 2.15. The highest BCUT2D eigenvalue weighted by atomic mass is 16.4. The molecule has 0 rings (SSSR count). The minimum Gasteiger partial charge on any atom is -0.481 e. The molecule has 0 spiro atoms. The Morgan fingerprint density at radius 1 is 1.35 bits per heavy atom. The molecule has 4 nitrogen and oxygen atoms in total. The molecule has 0 aromatic heterocycles. The first-order chi connectivity index (χ1) is 7.73. The number of carbonyl (C=O) groups is 1. The molecule has 0 saturated heterocycles. The highest BCUT2D eigenvalue weighted by molar-refractivity contribution is 5.66. The normalized spacial score (nSPS) is 14.0. The van der Waals surface area contributed by atoms with Crippen LogP contribution in [0.25, 0.3) is 0 Å². The van der Waals surface area contributed by atoms with Crippen molar-refractivity contribution in [2.75, 3.05) is 13.1 Å². The number of aliphatic hydroxyl groups is 1. The third-order valence-electron chi connectivity index (χ3n) is 2.64. The van der Waals surface area contributed by atoms with Crippen molar-refractivity contribution in [2.45, 2.75) is 53.1 Å². The van der Waals surface area contributed by atoms with Crippen molar-refractivity contribution in [1.29, 1.82) is 0 Å². The Labute approximate surface area is 104 Å². The monoisotopic (exact) mass is 245 g/mol. The van der Waals surface area contributed by atoms with E-state index in [0.717, 1.165) is 13.0 Å². The van der Waals surface area contributed by atoms with Crippen LogP contribution in [-0.2, 0) is 4.79 Å². The molecule has 0 aromatic carbocycles. The summed E-state index contributed by atoms with van der Waals surface area (Å²) in [6, 6.07) is 0. The van der Waals surface area contributed by atoms with E-state index < -0.39 is 12.1 Å². The number of carboxylic acid groups (broad SMARTS) is 1. The Hall–Kier alpha value is -0.610. The number of nitrogens with one attached hydrogen (secondary N) is 1. The molecule has 4 heteroatoms. The fourth-order valence-corrected chi connectivity index (χ4v) is 2.15. The molecular weight excluding hydrogens is 218 g/mol. The maximum absolute atomic E-state index is 10.3. The highest BCUT2D eigenvalue weighted by Crippen LogP contribution is 2.23. The third-order valence-corrected chi connectivity index (χ3v) is 2.64. The topological polar surface area (TPSA) is 69.6 Å². The number of aliphatic carboxylic acids is 1. The van der Waals surface area contributed by atoms with Gasteiger partial charge in [0.05, 0.1) is 6.10 Å². The summed E-state index contributed by atoms with van der Waals surface area (Å²) in [5.41, 5.74) is 0.209. The second-order valence-corrected chi connectivity index (χ2v) is 5.98. The van der Waals surface area contributed by atoms with Gasteiger partial charge in [-0.2, -0.15) is 0 Å². The maximum Gasteiger partial charge on any atom is 0.303 e. The zero-order valence-electron chi connectivity index (χ0n) is 11.5. The van der Waals surface area contributed by atoms with Gasteiger partial charge in [0.15, 0.2) is 0 Å². The summed E-state index contributed by atoms with van der Waals surface area (Å²) in [4.78, 5) is 10.3. The van der Waals surface area contributed by atoms with Gasteiger partial charge in [-0.25, -0.2) is 0 Å². The molecule has 0 aliphatic heterocycles. The van der Waals surface area contributed by atoms with Gasteiger partial charge in [-0.1, -0.05) is 27.7 Å². The van der Waals surface area contributed by atoms with E-state index in [1.54, 1.807) is 0 Å². The zero-order valence-corrected chi connectivity index (χ0v) is 11.5. The predicted molar refractivity (Wildman–Crippen MR) is 69.0 cm³/mol. The first-order valence-electron chi connectivity index (χ1n) is 6.33. The molecule has 102 valence electrons. The van der Waals surface area contributed by atoms with E-state index in [1.165, 1.54) is 0 Å². The molecule has 0 fully saturated rings. The van der Waals surface area contributed by atoms with Gasteiger partial charge in [0.2, 0.25) is 0 Å². The van der Waals surface area contributed by atoms with E-state index in [0.29, 0.717) is 18.9 Å². The van der Waals surface area contributed by atoms with Crippen molar-refractivity contribution in [3.8, 4) is 0 Å². The standard InChI is InChI=1S/C13H27NO3/c1-10(2)7-13(3,4)9-14-8-11(15)5-6-12(16)17/h10-11,14-15H,5-9H2,1-4H3,(H,16,17). The van der Waals surface area contributed by atoms with Gasteiger partial charge in [0, 0.05) is 19.5 Å². The van der Waals surface area contributed by atoms with Crippen LogP contribution >= 0.6 is 0 Å². The third kappa shape index (κ3) is 10.3. The van der Waals surface area contributed by atoms with Crippen molar-refractivity contribution < 1.29 is 15.0 Å². The fraction of sp³-hybridized carbons (Fsp3) is 0.923. The van der Waals surface area contributed by atoms with E-state index in [9.17, 15) is 9.90 Å². The molecule has 1 unspecified atom stereocenters. The maximum atomic E-state index is 10.3.